The first-order valence-corrected chi connectivity index (χ1v) is 8.52. The van der Waals surface area contributed by atoms with Crippen LogP contribution in [0, 0.1) is 11.5 Å². The number of aromatic nitrogens is 2. The van der Waals surface area contributed by atoms with Crippen molar-refractivity contribution in [2.24, 2.45) is 0 Å². The molecule has 1 saturated heterocycles. The summed E-state index contributed by atoms with van der Waals surface area (Å²) in [5, 5.41) is 9.53. The van der Waals surface area contributed by atoms with Gasteiger partial charge in [-0.3, -0.25) is 4.90 Å². The van der Waals surface area contributed by atoms with E-state index in [4.69, 9.17) is 16.9 Å². The standard InChI is InChI=1S/C18H20ClN5/c1-13-8-6-7-11-24(13)17-15(14-9-4-3-5-10-14)16(19)21-18(22-17)23(2)12-20/h3-5,9-10,13H,6-8,11H2,1-2H3. The molecule has 1 atom stereocenters. The summed E-state index contributed by atoms with van der Waals surface area (Å²) in [5.41, 5.74) is 1.82. The number of rotatable bonds is 3. The Morgan fingerprint density at radius 2 is 2.00 bits per heavy atom. The Morgan fingerprint density at radius 1 is 1.25 bits per heavy atom. The molecule has 1 aliphatic heterocycles. The van der Waals surface area contributed by atoms with Crippen LogP contribution in [0.1, 0.15) is 26.2 Å². The number of nitrogens with zero attached hydrogens (tertiary/aromatic N) is 5. The van der Waals surface area contributed by atoms with Crippen molar-refractivity contribution >= 4 is 23.4 Å². The van der Waals surface area contributed by atoms with Crippen LogP contribution in [0.4, 0.5) is 11.8 Å². The highest BCUT2D eigenvalue weighted by Gasteiger charge is 2.26. The Balaban J connectivity index is 2.18. The number of hydrogen-bond donors (Lipinski definition) is 0. The van der Waals surface area contributed by atoms with E-state index in [-0.39, 0.29) is 0 Å². The molecule has 1 fully saturated rings. The summed E-state index contributed by atoms with van der Waals surface area (Å²) in [4.78, 5) is 12.6. The van der Waals surface area contributed by atoms with Crippen LogP contribution < -0.4 is 9.80 Å². The van der Waals surface area contributed by atoms with Crippen molar-refractivity contribution in [2.75, 3.05) is 23.4 Å². The van der Waals surface area contributed by atoms with E-state index in [2.05, 4.69) is 21.8 Å². The topological polar surface area (TPSA) is 56.1 Å². The number of halogens is 1. The van der Waals surface area contributed by atoms with Gasteiger partial charge in [0.15, 0.2) is 6.19 Å². The molecule has 3 rings (SSSR count). The Kier molecular flexibility index (Phi) is 4.86. The van der Waals surface area contributed by atoms with Gasteiger partial charge in [-0.2, -0.15) is 15.2 Å². The maximum absolute atomic E-state index is 9.16. The summed E-state index contributed by atoms with van der Waals surface area (Å²) in [6.07, 6.45) is 5.52. The maximum Gasteiger partial charge on any atom is 0.241 e. The first kappa shape index (κ1) is 16.5. The Hall–Kier alpha value is -2.32. The van der Waals surface area contributed by atoms with Crippen molar-refractivity contribution in [2.45, 2.75) is 32.2 Å². The SMILES string of the molecule is CC1CCCCN1c1nc(N(C)C#N)nc(Cl)c1-c1ccccc1. The average Bonchev–Trinajstić information content (AvgIpc) is 2.61. The third-order valence-electron chi connectivity index (χ3n) is 4.42. The van der Waals surface area contributed by atoms with Crippen LogP contribution in [0.15, 0.2) is 30.3 Å². The minimum atomic E-state index is 0.329. The molecule has 1 unspecified atom stereocenters. The molecule has 6 heteroatoms. The zero-order valence-corrected chi connectivity index (χ0v) is 14.7. The summed E-state index contributed by atoms with van der Waals surface area (Å²) in [5.74, 6) is 1.14. The molecule has 1 aromatic carbocycles. The highest BCUT2D eigenvalue weighted by atomic mass is 35.5. The average molecular weight is 342 g/mol. The van der Waals surface area contributed by atoms with Gasteiger partial charge in [0.25, 0.3) is 0 Å². The lowest BCUT2D eigenvalue weighted by Crippen LogP contribution is -2.38. The van der Waals surface area contributed by atoms with Crippen LogP contribution in [0.25, 0.3) is 11.1 Å². The number of benzene rings is 1. The van der Waals surface area contributed by atoms with Crippen molar-refractivity contribution < 1.29 is 0 Å². The Bertz CT molecular complexity index is 756. The van der Waals surface area contributed by atoms with Crippen LogP contribution in [0.3, 0.4) is 0 Å². The second-order valence-corrected chi connectivity index (χ2v) is 6.43. The van der Waals surface area contributed by atoms with Gasteiger partial charge in [0.2, 0.25) is 5.95 Å². The smallest absolute Gasteiger partial charge is 0.241 e. The molecule has 0 saturated carbocycles. The van der Waals surface area contributed by atoms with E-state index in [0.717, 1.165) is 36.3 Å². The lowest BCUT2D eigenvalue weighted by Gasteiger charge is -2.36. The predicted octanol–water partition coefficient (Wildman–Crippen LogP) is 4.09. The third-order valence-corrected chi connectivity index (χ3v) is 4.69. The van der Waals surface area contributed by atoms with Crippen molar-refractivity contribution in [3.63, 3.8) is 0 Å². The van der Waals surface area contributed by atoms with Gasteiger partial charge in [-0.05, 0) is 31.7 Å². The zero-order valence-electron chi connectivity index (χ0n) is 13.9. The van der Waals surface area contributed by atoms with E-state index in [1.54, 1.807) is 7.05 Å². The minimum Gasteiger partial charge on any atom is -0.353 e. The third kappa shape index (κ3) is 3.15. The van der Waals surface area contributed by atoms with Gasteiger partial charge in [0, 0.05) is 19.6 Å². The van der Waals surface area contributed by atoms with Gasteiger partial charge < -0.3 is 4.90 Å². The highest BCUT2D eigenvalue weighted by Crippen LogP contribution is 2.38. The van der Waals surface area contributed by atoms with Gasteiger partial charge >= 0.3 is 0 Å². The lowest BCUT2D eigenvalue weighted by molar-refractivity contribution is 0.481. The zero-order chi connectivity index (χ0) is 17.1. The molecule has 2 aromatic rings. The molecule has 124 valence electrons. The fourth-order valence-corrected chi connectivity index (χ4v) is 3.35. The van der Waals surface area contributed by atoms with Crippen LogP contribution >= 0.6 is 11.6 Å². The molecule has 5 nitrogen and oxygen atoms in total. The van der Waals surface area contributed by atoms with Crippen molar-refractivity contribution in [1.29, 1.82) is 5.26 Å². The molecule has 0 amide bonds. The normalized spacial score (nSPS) is 17.4. The van der Waals surface area contributed by atoms with Gasteiger partial charge in [-0.25, -0.2) is 0 Å². The molecule has 0 spiro atoms. The number of anilines is 2. The molecule has 24 heavy (non-hydrogen) atoms. The second kappa shape index (κ2) is 7.06. The largest absolute Gasteiger partial charge is 0.353 e. The molecule has 0 N–H and O–H groups in total. The predicted molar refractivity (Wildman–Crippen MR) is 97.2 cm³/mol. The van der Waals surface area contributed by atoms with E-state index in [1.165, 1.54) is 11.3 Å². The fourth-order valence-electron chi connectivity index (χ4n) is 3.08. The summed E-state index contributed by atoms with van der Waals surface area (Å²) in [6.45, 7) is 3.14. The van der Waals surface area contributed by atoms with Crippen LogP contribution in [0.2, 0.25) is 5.15 Å². The van der Waals surface area contributed by atoms with Gasteiger partial charge in [0.05, 0.1) is 5.56 Å². The van der Waals surface area contributed by atoms with Crippen molar-refractivity contribution in [3.8, 4) is 17.3 Å². The van der Waals surface area contributed by atoms with E-state index in [9.17, 15) is 0 Å². The van der Waals surface area contributed by atoms with E-state index >= 15 is 0 Å². The molecule has 0 radical (unpaired) electrons. The highest BCUT2D eigenvalue weighted by molar-refractivity contribution is 6.32. The van der Waals surface area contributed by atoms with E-state index in [1.807, 2.05) is 36.5 Å². The number of piperidine rings is 1. The maximum atomic E-state index is 9.16. The van der Waals surface area contributed by atoms with Gasteiger partial charge in [-0.15, -0.1) is 0 Å². The minimum absolute atomic E-state index is 0.329. The first-order valence-electron chi connectivity index (χ1n) is 8.15. The molecule has 0 aliphatic carbocycles. The molecule has 1 aromatic heterocycles. The Morgan fingerprint density at radius 3 is 2.67 bits per heavy atom. The fraction of sp³-hybridized carbons (Fsp3) is 0.389. The van der Waals surface area contributed by atoms with E-state index in [0.29, 0.717) is 17.1 Å². The Labute approximate surface area is 147 Å². The summed E-state index contributed by atoms with van der Waals surface area (Å²) in [7, 11) is 1.64. The quantitative estimate of drug-likeness (QED) is 0.478. The summed E-state index contributed by atoms with van der Waals surface area (Å²) >= 11 is 6.52. The van der Waals surface area contributed by atoms with Gasteiger partial charge in [0.1, 0.15) is 11.0 Å². The molecular weight excluding hydrogens is 322 g/mol. The van der Waals surface area contributed by atoms with Crippen molar-refractivity contribution in [1.82, 2.24) is 9.97 Å². The van der Waals surface area contributed by atoms with Crippen molar-refractivity contribution in [3.05, 3.63) is 35.5 Å². The van der Waals surface area contributed by atoms with E-state index < -0.39 is 0 Å². The lowest BCUT2D eigenvalue weighted by atomic mass is 10.0. The van der Waals surface area contributed by atoms with Crippen LogP contribution in [-0.2, 0) is 0 Å². The molecule has 0 bridgehead atoms. The van der Waals surface area contributed by atoms with Gasteiger partial charge in [-0.1, -0.05) is 41.9 Å². The second-order valence-electron chi connectivity index (χ2n) is 6.08. The molecule has 2 heterocycles. The van der Waals surface area contributed by atoms with Crippen LogP contribution in [-0.4, -0.2) is 29.6 Å². The molecule has 1 aliphatic rings. The number of nitriles is 1. The summed E-state index contributed by atoms with van der Waals surface area (Å²) < 4.78 is 0. The molecular formula is C18H20ClN5. The first-order chi connectivity index (χ1) is 11.6. The monoisotopic (exact) mass is 341 g/mol. The van der Waals surface area contributed by atoms with Crippen LogP contribution in [0.5, 0.6) is 0 Å². The number of hydrogen-bond acceptors (Lipinski definition) is 5. The summed E-state index contributed by atoms with van der Waals surface area (Å²) in [6, 6.07) is 10.3.